The van der Waals surface area contributed by atoms with Crippen molar-refractivity contribution in [3.8, 4) is 0 Å². The molecule has 1 aromatic heterocycles. The van der Waals surface area contributed by atoms with E-state index in [-0.39, 0.29) is 18.1 Å². The molecule has 1 saturated heterocycles. The maximum Gasteiger partial charge on any atom is 0.223 e. The van der Waals surface area contributed by atoms with Crippen LogP contribution in [-0.2, 0) is 9.53 Å². The van der Waals surface area contributed by atoms with Gasteiger partial charge in [-0.2, -0.15) is 11.8 Å². The van der Waals surface area contributed by atoms with Crippen LogP contribution in [0.2, 0.25) is 0 Å². The summed E-state index contributed by atoms with van der Waals surface area (Å²) >= 11 is 1.88. The summed E-state index contributed by atoms with van der Waals surface area (Å²) in [4.78, 5) is 14.4. The zero-order valence-corrected chi connectivity index (χ0v) is 13.9. The number of amides is 1. The molecule has 1 aliphatic rings. The fourth-order valence-corrected chi connectivity index (χ4v) is 3.52. The van der Waals surface area contributed by atoms with E-state index in [4.69, 9.17) is 9.15 Å². The highest BCUT2D eigenvalue weighted by molar-refractivity contribution is 7.99. The summed E-state index contributed by atoms with van der Waals surface area (Å²) in [5, 5.41) is 0. The van der Waals surface area contributed by atoms with Crippen LogP contribution in [0, 0.1) is 6.92 Å². The summed E-state index contributed by atoms with van der Waals surface area (Å²) in [5.41, 5.74) is 0. The molecule has 1 amide bonds. The lowest BCUT2D eigenvalue weighted by Gasteiger charge is -2.34. The summed E-state index contributed by atoms with van der Waals surface area (Å²) in [6.07, 6.45) is 1.56. The molecule has 118 valence electrons. The van der Waals surface area contributed by atoms with Crippen LogP contribution >= 0.6 is 11.8 Å². The van der Waals surface area contributed by atoms with Crippen molar-refractivity contribution in [1.82, 2.24) is 4.90 Å². The summed E-state index contributed by atoms with van der Waals surface area (Å²) in [5.74, 6) is 3.94. The Morgan fingerprint density at radius 2 is 2.33 bits per heavy atom. The van der Waals surface area contributed by atoms with Crippen LogP contribution in [0.5, 0.6) is 0 Å². The zero-order valence-electron chi connectivity index (χ0n) is 13.1. The van der Waals surface area contributed by atoms with Gasteiger partial charge in [-0.15, -0.1) is 0 Å². The van der Waals surface area contributed by atoms with Crippen molar-refractivity contribution in [2.75, 3.05) is 24.7 Å². The Morgan fingerprint density at radius 3 is 3.00 bits per heavy atom. The molecule has 0 aromatic carbocycles. The van der Waals surface area contributed by atoms with Crippen LogP contribution in [-0.4, -0.2) is 41.6 Å². The molecule has 0 aliphatic carbocycles. The second-order valence-corrected chi connectivity index (χ2v) is 6.80. The maximum absolute atomic E-state index is 12.5. The minimum Gasteiger partial charge on any atom is -0.464 e. The molecule has 1 fully saturated rings. The zero-order chi connectivity index (χ0) is 15.2. The first kappa shape index (κ1) is 16.4. The van der Waals surface area contributed by atoms with Crippen LogP contribution in [0.15, 0.2) is 16.5 Å². The maximum atomic E-state index is 12.5. The molecule has 0 saturated carbocycles. The lowest BCUT2D eigenvalue weighted by molar-refractivity contribution is -0.134. The lowest BCUT2D eigenvalue weighted by Crippen LogP contribution is -2.40. The van der Waals surface area contributed by atoms with Crippen molar-refractivity contribution in [2.24, 2.45) is 0 Å². The van der Waals surface area contributed by atoms with Crippen LogP contribution in [0.25, 0.3) is 0 Å². The van der Waals surface area contributed by atoms with E-state index >= 15 is 0 Å². The molecule has 21 heavy (non-hydrogen) atoms. The van der Waals surface area contributed by atoms with E-state index < -0.39 is 0 Å². The molecule has 2 heterocycles. The molecule has 0 radical (unpaired) electrons. The third kappa shape index (κ3) is 4.78. The van der Waals surface area contributed by atoms with Gasteiger partial charge in [0.2, 0.25) is 5.91 Å². The fourth-order valence-electron chi connectivity index (χ4n) is 2.46. The number of carbonyl (C=O) groups excluding carboxylic acids is 1. The number of thioether (sulfide) groups is 1. The van der Waals surface area contributed by atoms with Crippen LogP contribution in [0.4, 0.5) is 0 Å². The molecule has 0 bridgehead atoms. The second kappa shape index (κ2) is 7.90. The minimum absolute atomic E-state index is 0.0796. The molecule has 0 N–H and O–H groups in total. The Labute approximate surface area is 131 Å². The van der Waals surface area contributed by atoms with E-state index in [0.717, 1.165) is 36.0 Å². The Hall–Kier alpha value is -0.940. The van der Waals surface area contributed by atoms with Crippen LogP contribution < -0.4 is 0 Å². The first-order valence-electron chi connectivity index (χ1n) is 7.63. The average molecular weight is 311 g/mol. The topological polar surface area (TPSA) is 42.7 Å². The number of nitrogens with zero attached hydrogens (tertiary/aromatic N) is 1. The van der Waals surface area contributed by atoms with Crippen molar-refractivity contribution >= 4 is 17.7 Å². The quantitative estimate of drug-likeness (QED) is 0.755. The van der Waals surface area contributed by atoms with Gasteiger partial charge < -0.3 is 14.1 Å². The van der Waals surface area contributed by atoms with Gasteiger partial charge in [0.05, 0.1) is 12.1 Å². The van der Waals surface area contributed by atoms with Crippen molar-refractivity contribution < 1.29 is 13.9 Å². The highest BCUT2D eigenvalue weighted by Gasteiger charge is 2.29. The van der Waals surface area contributed by atoms with Crippen LogP contribution in [0.3, 0.4) is 0 Å². The van der Waals surface area contributed by atoms with Gasteiger partial charge in [-0.25, -0.2) is 0 Å². The van der Waals surface area contributed by atoms with Gasteiger partial charge >= 0.3 is 0 Å². The smallest absolute Gasteiger partial charge is 0.223 e. The predicted octanol–water partition coefficient (Wildman–Crippen LogP) is 3.41. The first-order valence-corrected chi connectivity index (χ1v) is 8.78. The molecule has 1 aliphatic heterocycles. The number of ether oxygens (including phenoxy) is 1. The third-order valence-corrected chi connectivity index (χ3v) is 4.55. The molecule has 1 aromatic rings. The highest BCUT2D eigenvalue weighted by Crippen LogP contribution is 2.31. The van der Waals surface area contributed by atoms with Gasteiger partial charge in [0.15, 0.2) is 0 Å². The Kier molecular flexibility index (Phi) is 6.18. The van der Waals surface area contributed by atoms with Crippen LogP contribution in [0.1, 0.15) is 44.3 Å². The standard InChI is InChI=1S/C16H25NO3S/c1-12(2)19-9-4-5-16(18)17-8-10-21-11-14(17)15-7-6-13(3)20-15/h6-7,12,14H,4-5,8-11H2,1-3H3. The predicted molar refractivity (Wildman–Crippen MR) is 85.5 cm³/mol. The van der Waals surface area contributed by atoms with Gasteiger partial charge in [0, 0.05) is 31.1 Å². The van der Waals surface area contributed by atoms with Crippen molar-refractivity contribution in [3.63, 3.8) is 0 Å². The Bertz CT molecular complexity index is 458. The van der Waals surface area contributed by atoms with E-state index in [1.165, 1.54) is 0 Å². The number of furan rings is 1. The summed E-state index contributed by atoms with van der Waals surface area (Å²) < 4.78 is 11.2. The SMILES string of the molecule is Cc1ccc(C2CSCCN2C(=O)CCCOC(C)C)o1. The van der Waals surface area contributed by atoms with Crippen molar-refractivity contribution in [2.45, 2.75) is 45.8 Å². The molecule has 5 heteroatoms. The number of aryl methyl sites for hydroxylation is 1. The second-order valence-electron chi connectivity index (χ2n) is 5.65. The molecule has 1 unspecified atom stereocenters. The van der Waals surface area contributed by atoms with Gasteiger partial charge in [-0.05, 0) is 39.3 Å². The average Bonchev–Trinajstić information content (AvgIpc) is 2.89. The third-order valence-electron chi connectivity index (χ3n) is 3.52. The monoisotopic (exact) mass is 311 g/mol. The Balaban J connectivity index is 1.90. The minimum atomic E-state index is 0.0796. The molecule has 4 nitrogen and oxygen atoms in total. The van der Waals surface area contributed by atoms with Gasteiger partial charge in [-0.3, -0.25) is 4.79 Å². The van der Waals surface area contributed by atoms with E-state index in [2.05, 4.69) is 0 Å². The van der Waals surface area contributed by atoms with Crippen molar-refractivity contribution in [1.29, 1.82) is 0 Å². The highest BCUT2D eigenvalue weighted by atomic mass is 32.2. The van der Waals surface area contributed by atoms with E-state index in [9.17, 15) is 4.79 Å². The molecule has 2 rings (SSSR count). The van der Waals surface area contributed by atoms with Gasteiger partial charge in [0.1, 0.15) is 11.5 Å². The molecule has 0 spiro atoms. The van der Waals surface area contributed by atoms with Gasteiger partial charge in [-0.1, -0.05) is 0 Å². The lowest BCUT2D eigenvalue weighted by atomic mass is 10.2. The number of hydrogen-bond acceptors (Lipinski definition) is 4. The largest absolute Gasteiger partial charge is 0.464 e. The fraction of sp³-hybridized carbons (Fsp3) is 0.688. The first-order chi connectivity index (χ1) is 10.1. The molecule has 1 atom stereocenters. The van der Waals surface area contributed by atoms with Crippen molar-refractivity contribution in [3.05, 3.63) is 23.7 Å². The number of carbonyl (C=O) groups is 1. The normalized spacial score (nSPS) is 19.2. The molecular weight excluding hydrogens is 286 g/mol. The number of rotatable bonds is 6. The summed E-state index contributed by atoms with van der Waals surface area (Å²) in [6, 6.07) is 4.04. The van der Waals surface area contributed by atoms with E-state index in [1.807, 2.05) is 49.6 Å². The summed E-state index contributed by atoms with van der Waals surface area (Å²) in [7, 11) is 0. The molecular formula is C16H25NO3S. The van der Waals surface area contributed by atoms with Gasteiger partial charge in [0.25, 0.3) is 0 Å². The van der Waals surface area contributed by atoms with E-state index in [1.54, 1.807) is 0 Å². The van der Waals surface area contributed by atoms with E-state index in [0.29, 0.717) is 13.0 Å². The summed E-state index contributed by atoms with van der Waals surface area (Å²) in [6.45, 7) is 7.42. The number of hydrogen-bond donors (Lipinski definition) is 0. The Morgan fingerprint density at radius 1 is 1.52 bits per heavy atom.